The smallest absolute Gasteiger partial charge is 0.338 e. The molecule has 0 saturated carbocycles. The Labute approximate surface area is 217 Å². The van der Waals surface area contributed by atoms with Gasteiger partial charge in [0.25, 0.3) is 5.91 Å². The third-order valence-corrected chi connectivity index (χ3v) is 6.38. The number of benzene rings is 3. The minimum absolute atomic E-state index is 0.132. The lowest BCUT2D eigenvalue weighted by atomic mass is 10.1. The zero-order chi connectivity index (χ0) is 24.8. The molecule has 178 valence electrons. The summed E-state index contributed by atoms with van der Waals surface area (Å²) in [6.07, 6.45) is 0. The van der Waals surface area contributed by atoms with Gasteiger partial charge in [0.15, 0.2) is 6.61 Å². The molecule has 1 amide bonds. The molecule has 0 aromatic heterocycles. The second-order valence-electron chi connectivity index (χ2n) is 7.63. The third kappa shape index (κ3) is 6.32. The SMILES string of the molecule is CCOC(=O)c1ccc(N(Cc2c(Cl)cccc2Cl)C(=O)COc2c(C)cc(C)cc2Br)cc1. The Kier molecular flexibility index (Phi) is 9.00. The number of hydrogen-bond donors (Lipinski definition) is 0. The molecule has 3 aromatic carbocycles. The number of aryl methyl sites for hydroxylation is 2. The van der Waals surface area contributed by atoms with Crippen LogP contribution < -0.4 is 9.64 Å². The van der Waals surface area contributed by atoms with Crippen LogP contribution in [0.5, 0.6) is 5.75 Å². The van der Waals surface area contributed by atoms with Gasteiger partial charge in [-0.05, 0) is 90.3 Å². The van der Waals surface area contributed by atoms with Gasteiger partial charge in [0, 0.05) is 21.3 Å². The highest BCUT2D eigenvalue weighted by Crippen LogP contribution is 2.31. The van der Waals surface area contributed by atoms with Crippen molar-refractivity contribution in [2.75, 3.05) is 18.1 Å². The molecule has 8 heteroatoms. The number of esters is 1. The molecule has 0 aliphatic heterocycles. The Hall–Kier alpha value is -2.54. The number of rotatable bonds is 8. The van der Waals surface area contributed by atoms with Crippen molar-refractivity contribution in [1.29, 1.82) is 0 Å². The van der Waals surface area contributed by atoms with Gasteiger partial charge in [-0.25, -0.2) is 4.79 Å². The first kappa shape index (κ1) is 26.1. The molecule has 0 saturated heterocycles. The van der Waals surface area contributed by atoms with E-state index in [1.807, 2.05) is 26.0 Å². The Morgan fingerprint density at radius 2 is 1.65 bits per heavy atom. The molecule has 0 bridgehead atoms. The molecular formula is C26H24BrCl2NO4. The molecule has 0 N–H and O–H groups in total. The monoisotopic (exact) mass is 563 g/mol. The second kappa shape index (κ2) is 11.7. The lowest BCUT2D eigenvalue weighted by Crippen LogP contribution is -2.35. The molecule has 0 radical (unpaired) electrons. The maximum Gasteiger partial charge on any atom is 0.338 e. The number of carbonyl (C=O) groups is 2. The molecule has 3 rings (SSSR count). The summed E-state index contributed by atoms with van der Waals surface area (Å²) in [5.41, 5.74) is 3.57. The van der Waals surface area contributed by atoms with Gasteiger partial charge in [-0.3, -0.25) is 4.79 Å². The fourth-order valence-corrected chi connectivity index (χ4v) is 4.76. The number of nitrogens with zero attached hydrogens (tertiary/aromatic N) is 1. The van der Waals surface area contributed by atoms with Crippen LogP contribution in [-0.4, -0.2) is 25.1 Å². The fourth-order valence-electron chi connectivity index (χ4n) is 3.45. The first-order chi connectivity index (χ1) is 16.2. The normalized spacial score (nSPS) is 10.6. The van der Waals surface area contributed by atoms with Crippen LogP contribution in [0.25, 0.3) is 0 Å². The zero-order valence-corrected chi connectivity index (χ0v) is 22.1. The maximum absolute atomic E-state index is 13.4. The first-order valence-electron chi connectivity index (χ1n) is 10.6. The summed E-state index contributed by atoms with van der Waals surface area (Å²) in [6, 6.07) is 15.7. The van der Waals surface area contributed by atoms with Gasteiger partial charge in [-0.1, -0.05) is 35.3 Å². The lowest BCUT2D eigenvalue weighted by molar-refractivity contribution is -0.120. The van der Waals surface area contributed by atoms with Crippen molar-refractivity contribution >= 4 is 56.7 Å². The molecule has 0 spiro atoms. The highest BCUT2D eigenvalue weighted by atomic mass is 79.9. The third-order valence-electron chi connectivity index (χ3n) is 5.08. The van der Waals surface area contributed by atoms with Crippen molar-refractivity contribution in [2.45, 2.75) is 27.3 Å². The summed E-state index contributed by atoms with van der Waals surface area (Å²) < 4.78 is 11.7. The largest absolute Gasteiger partial charge is 0.482 e. The van der Waals surface area contributed by atoms with Crippen LogP contribution in [0.3, 0.4) is 0 Å². The van der Waals surface area contributed by atoms with E-state index in [4.69, 9.17) is 32.7 Å². The molecular weight excluding hydrogens is 541 g/mol. The summed E-state index contributed by atoms with van der Waals surface area (Å²) in [5.74, 6) is -0.122. The van der Waals surface area contributed by atoms with Crippen molar-refractivity contribution in [2.24, 2.45) is 0 Å². The highest BCUT2D eigenvalue weighted by Gasteiger charge is 2.21. The summed E-state index contributed by atoms with van der Waals surface area (Å²) in [5, 5.41) is 0.901. The van der Waals surface area contributed by atoms with Crippen molar-refractivity contribution in [3.63, 3.8) is 0 Å². The van der Waals surface area contributed by atoms with E-state index in [-0.39, 0.29) is 25.7 Å². The van der Waals surface area contributed by atoms with E-state index in [0.717, 1.165) is 15.6 Å². The first-order valence-corrected chi connectivity index (χ1v) is 12.2. The van der Waals surface area contributed by atoms with Crippen molar-refractivity contribution < 1.29 is 19.1 Å². The lowest BCUT2D eigenvalue weighted by Gasteiger charge is -2.25. The summed E-state index contributed by atoms with van der Waals surface area (Å²) in [4.78, 5) is 26.9. The van der Waals surface area contributed by atoms with Crippen molar-refractivity contribution in [3.8, 4) is 5.75 Å². The van der Waals surface area contributed by atoms with Gasteiger partial charge >= 0.3 is 5.97 Å². The molecule has 3 aromatic rings. The standard InChI is InChI=1S/C26H24BrCl2NO4/c1-4-33-26(32)18-8-10-19(11-9-18)30(14-20-22(28)6-5-7-23(20)29)24(31)15-34-25-17(3)12-16(2)13-21(25)27/h5-13H,4,14-15H2,1-3H3. The molecule has 0 aliphatic rings. The summed E-state index contributed by atoms with van der Waals surface area (Å²) in [6.45, 7) is 5.86. The van der Waals surface area contributed by atoms with Crippen LogP contribution in [0.15, 0.2) is 59.1 Å². The number of carbonyl (C=O) groups excluding carboxylic acids is 2. The Bertz CT molecular complexity index is 1150. The number of anilines is 1. The molecule has 0 unspecified atom stereocenters. The molecule has 0 atom stereocenters. The fraction of sp³-hybridized carbons (Fsp3) is 0.231. The molecule has 0 fully saturated rings. The van der Waals surface area contributed by atoms with Crippen LogP contribution in [0, 0.1) is 13.8 Å². The van der Waals surface area contributed by atoms with Crippen LogP contribution in [0.4, 0.5) is 5.69 Å². The van der Waals surface area contributed by atoms with E-state index in [1.165, 1.54) is 4.90 Å². The molecule has 5 nitrogen and oxygen atoms in total. The predicted molar refractivity (Wildman–Crippen MR) is 139 cm³/mol. The summed E-state index contributed by atoms with van der Waals surface area (Å²) >= 11 is 16.3. The van der Waals surface area contributed by atoms with E-state index in [2.05, 4.69) is 15.9 Å². The molecule has 0 heterocycles. The number of amides is 1. The minimum Gasteiger partial charge on any atom is -0.482 e. The van der Waals surface area contributed by atoms with Crippen molar-refractivity contribution in [3.05, 3.63) is 91.4 Å². The Balaban J connectivity index is 1.90. The Morgan fingerprint density at radius 1 is 1.00 bits per heavy atom. The Morgan fingerprint density at radius 3 is 2.24 bits per heavy atom. The van der Waals surface area contributed by atoms with Crippen LogP contribution in [0.1, 0.15) is 34.0 Å². The number of hydrogen-bond acceptors (Lipinski definition) is 4. The number of ether oxygens (including phenoxy) is 2. The van der Waals surface area contributed by atoms with Crippen molar-refractivity contribution in [1.82, 2.24) is 0 Å². The molecule has 0 aliphatic carbocycles. The van der Waals surface area contributed by atoms with E-state index in [9.17, 15) is 9.59 Å². The van der Waals surface area contributed by atoms with E-state index >= 15 is 0 Å². The van der Waals surface area contributed by atoms with Crippen LogP contribution in [-0.2, 0) is 16.1 Å². The van der Waals surface area contributed by atoms with E-state index in [0.29, 0.717) is 32.6 Å². The predicted octanol–water partition coefficient (Wildman–Crippen LogP) is 7.16. The van der Waals surface area contributed by atoms with Gasteiger partial charge in [0.2, 0.25) is 0 Å². The molecule has 34 heavy (non-hydrogen) atoms. The quantitative estimate of drug-likeness (QED) is 0.272. The average molecular weight is 565 g/mol. The second-order valence-corrected chi connectivity index (χ2v) is 9.30. The van der Waals surface area contributed by atoms with Crippen LogP contribution >= 0.6 is 39.1 Å². The minimum atomic E-state index is -0.427. The van der Waals surface area contributed by atoms with E-state index in [1.54, 1.807) is 49.4 Å². The highest BCUT2D eigenvalue weighted by molar-refractivity contribution is 9.10. The van der Waals surface area contributed by atoms with Gasteiger partial charge in [0.05, 0.1) is 23.2 Å². The average Bonchev–Trinajstić information content (AvgIpc) is 2.78. The summed E-state index contributed by atoms with van der Waals surface area (Å²) in [7, 11) is 0. The van der Waals surface area contributed by atoms with Crippen LogP contribution in [0.2, 0.25) is 10.0 Å². The van der Waals surface area contributed by atoms with Gasteiger partial charge in [0.1, 0.15) is 5.75 Å². The maximum atomic E-state index is 13.4. The van der Waals surface area contributed by atoms with Gasteiger partial charge in [-0.2, -0.15) is 0 Å². The topological polar surface area (TPSA) is 55.8 Å². The van der Waals surface area contributed by atoms with Gasteiger partial charge in [-0.15, -0.1) is 0 Å². The van der Waals surface area contributed by atoms with Gasteiger partial charge < -0.3 is 14.4 Å². The van der Waals surface area contributed by atoms with E-state index < -0.39 is 5.97 Å². The number of halogens is 3. The zero-order valence-electron chi connectivity index (χ0n) is 19.0.